The van der Waals surface area contributed by atoms with Crippen molar-refractivity contribution in [3.63, 3.8) is 0 Å². The maximum Gasteiger partial charge on any atom is 0.242 e. The summed E-state index contributed by atoms with van der Waals surface area (Å²) in [4.78, 5) is 22.6. The van der Waals surface area contributed by atoms with Gasteiger partial charge in [0.1, 0.15) is 6.04 Å². The molecule has 1 fully saturated rings. The van der Waals surface area contributed by atoms with Crippen molar-refractivity contribution in [2.75, 3.05) is 18.0 Å². The number of carbonyl (C=O) groups excluding carboxylic acids is 1. The minimum absolute atomic E-state index is 0.0660. The summed E-state index contributed by atoms with van der Waals surface area (Å²) in [6.45, 7) is 4.67. The molecule has 0 saturated carbocycles. The fourth-order valence-electron chi connectivity index (χ4n) is 2.24. The van der Waals surface area contributed by atoms with E-state index in [0.29, 0.717) is 12.4 Å². The van der Waals surface area contributed by atoms with Crippen molar-refractivity contribution in [3.05, 3.63) is 18.5 Å². The number of aromatic nitrogens is 2. The second-order valence-electron chi connectivity index (χ2n) is 5.47. The summed E-state index contributed by atoms with van der Waals surface area (Å²) in [6, 6.07) is 1.51. The molecule has 2 heterocycles. The van der Waals surface area contributed by atoms with Crippen molar-refractivity contribution in [2.24, 2.45) is 0 Å². The zero-order valence-electron chi connectivity index (χ0n) is 12.0. The van der Waals surface area contributed by atoms with Crippen LogP contribution in [0.4, 0.5) is 5.95 Å². The molecule has 0 bridgehead atoms. The van der Waals surface area contributed by atoms with Gasteiger partial charge in [-0.1, -0.05) is 6.92 Å². The van der Waals surface area contributed by atoms with Crippen LogP contribution in [0.15, 0.2) is 18.5 Å². The Bertz CT molecular complexity index is 450. The normalized spacial score (nSPS) is 21.6. The molecule has 1 aliphatic rings. The largest absolute Gasteiger partial charge is 0.388 e. The lowest BCUT2D eigenvalue weighted by Crippen LogP contribution is -2.48. The highest BCUT2D eigenvalue weighted by Gasteiger charge is 2.33. The highest BCUT2D eigenvalue weighted by molar-refractivity contribution is 5.85. The van der Waals surface area contributed by atoms with Gasteiger partial charge in [0.15, 0.2) is 0 Å². The van der Waals surface area contributed by atoms with Crippen LogP contribution in [0.2, 0.25) is 0 Å². The molecule has 6 nitrogen and oxygen atoms in total. The Balaban J connectivity index is 1.99. The third kappa shape index (κ3) is 3.45. The first kappa shape index (κ1) is 14.7. The van der Waals surface area contributed by atoms with Crippen LogP contribution in [0.25, 0.3) is 0 Å². The van der Waals surface area contributed by atoms with Gasteiger partial charge in [0, 0.05) is 25.5 Å². The van der Waals surface area contributed by atoms with Crippen molar-refractivity contribution in [1.29, 1.82) is 0 Å². The summed E-state index contributed by atoms with van der Waals surface area (Å²) in [5.74, 6) is 0.524. The van der Waals surface area contributed by atoms with Crippen molar-refractivity contribution < 1.29 is 9.90 Å². The fourth-order valence-corrected chi connectivity index (χ4v) is 2.24. The van der Waals surface area contributed by atoms with Crippen LogP contribution in [0, 0.1) is 0 Å². The second kappa shape index (κ2) is 6.17. The molecule has 110 valence electrons. The molecule has 0 spiro atoms. The Labute approximate surface area is 119 Å². The SMILES string of the molecule is CCC(C)(O)CNC(=O)C1CCCN1c1ncccn1. The minimum Gasteiger partial charge on any atom is -0.388 e. The predicted octanol–water partition coefficient (Wildman–Crippen LogP) is 0.723. The number of carbonyl (C=O) groups is 1. The first-order valence-corrected chi connectivity index (χ1v) is 7.07. The third-order valence-corrected chi connectivity index (χ3v) is 3.77. The number of aliphatic hydroxyl groups is 1. The van der Waals surface area contributed by atoms with Gasteiger partial charge in [0.25, 0.3) is 0 Å². The number of nitrogens with one attached hydrogen (secondary N) is 1. The van der Waals surface area contributed by atoms with E-state index in [0.717, 1.165) is 19.4 Å². The van der Waals surface area contributed by atoms with E-state index in [-0.39, 0.29) is 18.5 Å². The molecular formula is C14H22N4O2. The molecule has 20 heavy (non-hydrogen) atoms. The van der Waals surface area contributed by atoms with Crippen LogP contribution in [0.5, 0.6) is 0 Å². The van der Waals surface area contributed by atoms with E-state index < -0.39 is 5.60 Å². The van der Waals surface area contributed by atoms with Gasteiger partial charge in [-0.25, -0.2) is 9.97 Å². The number of anilines is 1. The number of nitrogens with zero attached hydrogens (tertiary/aromatic N) is 3. The zero-order chi connectivity index (χ0) is 14.6. The molecule has 1 aromatic heterocycles. The van der Waals surface area contributed by atoms with E-state index in [2.05, 4.69) is 15.3 Å². The quantitative estimate of drug-likeness (QED) is 0.830. The van der Waals surface area contributed by atoms with Crippen molar-refractivity contribution in [2.45, 2.75) is 44.8 Å². The molecule has 0 aliphatic carbocycles. The molecule has 2 N–H and O–H groups in total. The lowest BCUT2D eigenvalue weighted by Gasteiger charge is -2.26. The van der Waals surface area contributed by atoms with Crippen LogP contribution >= 0.6 is 0 Å². The maximum absolute atomic E-state index is 12.3. The van der Waals surface area contributed by atoms with Crippen molar-refractivity contribution in [3.8, 4) is 0 Å². The lowest BCUT2D eigenvalue weighted by atomic mass is 10.0. The fraction of sp³-hybridized carbons (Fsp3) is 0.643. The Morgan fingerprint density at radius 1 is 1.55 bits per heavy atom. The Morgan fingerprint density at radius 3 is 2.90 bits per heavy atom. The summed E-state index contributed by atoms with van der Waals surface area (Å²) in [6.07, 6.45) is 5.69. The van der Waals surface area contributed by atoms with E-state index >= 15 is 0 Å². The molecule has 2 rings (SSSR count). The van der Waals surface area contributed by atoms with Crippen molar-refractivity contribution in [1.82, 2.24) is 15.3 Å². The molecule has 2 atom stereocenters. The zero-order valence-corrected chi connectivity index (χ0v) is 12.0. The molecular weight excluding hydrogens is 256 g/mol. The van der Waals surface area contributed by atoms with E-state index in [9.17, 15) is 9.90 Å². The molecule has 1 aliphatic heterocycles. The van der Waals surface area contributed by atoms with Crippen LogP contribution < -0.4 is 10.2 Å². The number of hydrogen-bond acceptors (Lipinski definition) is 5. The van der Waals surface area contributed by atoms with Gasteiger partial charge in [-0.05, 0) is 32.3 Å². The lowest BCUT2D eigenvalue weighted by molar-refractivity contribution is -0.123. The summed E-state index contributed by atoms with van der Waals surface area (Å²) in [5.41, 5.74) is -0.859. The molecule has 1 amide bonds. The van der Waals surface area contributed by atoms with Gasteiger partial charge in [-0.3, -0.25) is 4.79 Å². The Morgan fingerprint density at radius 2 is 2.25 bits per heavy atom. The Kier molecular flexibility index (Phi) is 4.54. The molecule has 1 saturated heterocycles. The highest BCUT2D eigenvalue weighted by Crippen LogP contribution is 2.22. The van der Waals surface area contributed by atoms with Gasteiger partial charge >= 0.3 is 0 Å². The first-order valence-electron chi connectivity index (χ1n) is 7.07. The summed E-state index contributed by atoms with van der Waals surface area (Å²) in [7, 11) is 0. The average molecular weight is 278 g/mol. The summed E-state index contributed by atoms with van der Waals surface area (Å²) in [5, 5.41) is 12.8. The molecule has 1 aromatic rings. The van der Waals surface area contributed by atoms with E-state index in [1.165, 1.54) is 0 Å². The molecule has 0 radical (unpaired) electrons. The molecule has 0 aromatic carbocycles. The van der Waals surface area contributed by atoms with Crippen LogP contribution in [0.1, 0.15) is 33.1 Å². The van der Waals surface area contributed by atoms with E-state index in [4.69, 9.17) is 0 Å². The second-order valence-corrected chi connectivity index (χ2v) is 5.47. The van der Waals surface area contributed by atoms with Gasteiger partial charge in [0.05, 0.1) is 5.60 Å². The molecule has 6 heteroatoms. The predicted molar refractivity (Wildman–Crippen MR) is 76.3 cm³/mol. The van der Waals surface area contributed by atoms with Gasteiger partial charge in [-0.15, -0.1) is 0 Å². The number of rotatable bonds is 5. The standard InChI is InChI=1S/C14H22N4O2/c1-3-14(2,20)10-17-12(19)11-6-4-9-18(11)13-15-7-5-8-16-13/h5,7-8,11,20H,3-4,6,9-10H2,1-2H3,(H,17,19). The first-order chi connectivity index (χ1) is 9.53. The topological polar surface area (TPSA) is 78.4 Å². The van der Waals surface area contributed by atoms with Crippen molar-refractivity contribution >= 4 is 11.9 Å². The van der Waals surface area contributed by atoms with Crippen LogP contribution in [-0.4, -0.2) is 45.7 Å². The van der Waals surface area contributed by atoms with Gasteiger partial charge in [-0.2, -0.15) is 0 Å². The van der Waals surface area contributed by atoms with Crippen LogP contribution in [0.3, 0.4) is 0 Å². The Hall–Kier alpha value is -1.69. The summed E-state index contributed by atoms with van der Waals surface area (Å²) < 4.78 is 0. The van der Waals surface area contributed by atoms with Gasteiger partial charge in [0.2, 0.25) is 11.9 Å². The third-order valence-electron chi connectivity index (χ3n) is 3.77. The van der Waals surface area contributed by atoms with E-state index in [1.807, 2.05) is 11.8 Å². The number of hydrogen-bond donors (Lipinski definition) is 2. The van der Waals surface area contributed by atoms with Gasteiger partial charge < -0.3 is 15.3 Å². The minimum atomic E-state index is -0.859. The average Bonchev–Trinajstić information content (AvgIpc) is 2.95. The summed E-state index contributed by atoms with van der Waals surface area (Å²) >= 11 is 0. The smallest absolute Gasteiger partial charge is 0.242 e. The number of amides is 1. The monoisotopic (exact) mass is 278 g/mol. The maximum atomic E-state index is 12.3. The van der Waals surface area contributed by atoms with Crippen LogP contribution in [-0.2, 0) is 4.79 Å². The van der Waals surface area contributed by atoms with E-state index in [1.54, 1.807) is 25.4 Å². The molecule has 2 unspecified atom stereocenters. The highest BCUT2D eigenvalue weighted by atomic mass is 16.3.